The molecule has 2 amide bonds. The van der Waals surface area contributed by atoms with E-state index >= 15 is 0 Å². The van der Waals surface area contributed by atoms with E-state index in [-0.39, 0.29) is 11.4 Å². The van der Waals surface area contributed by atoms with E-state index in [0.717, 1.165) is 5.56 Å². The van der Waals surface area contributed by atoms with E-state index < -0.39 is 12.1 Å². The molecule has 12 heteroatoms. The van der Waals surface area contributed by atoms with Crippen molar-refractivity contribution in [1.29, 1.82) is 0 Å². The maximum atomic E-state index is 13.7. The van der Waals surface area contributed by atoms with Crippen LogP contribution < -0.4 is 32.4 Å². The molecule has 5 rings (SSSR count). The maximum Gasteiger partial charge on any atom is 0.316 e. The van der Waals surface area contributed by atoms with Gasteiger partial charge in [-0.05, 0) is 55.3 Å². The second-order valence-corrected chi connectivity index (χ2v) is 8.91. The van der Waals surface area contributed by atoms with Gasteiger partial charge >= 0.3 is 6.03 Å². The smallest absolute Gasteiger partial charge is 0.316 e. The van der Waals surface area contributed by atoms with Crippen LogP contribution in [0.15, 0.2) is 71.9 Å². The third kappa shape index (κ3) is 4.82. The number of primary amides is 1. The third-order valence-electron chi connectivity index (χ3n) is 6.24. The number of rotatable bonds is 7. The van der Waals surface area contributed by atoms with Crippen LogP contribution in [0.25, 0.3) is 22.3 Å². The van der Waals surface area contributed by atoms with Crippen LogP contribution in [0, 0.1) is 6.92 Å². The highest BCUT2D eigenvalue weighted by molar-refractivity contribution is 5.91. The molecule has 0 bridgehead atoms. The number of urea groups is 1. The van der Waals surface area contributed by atoms with E-state index in [1.807, 2.05) is 50.2 Å². The van der Waals surface area contributed by atoms with Crippen LogP contribution in [0.1, 0.15) is 24.4 Å². The molecule has 0 aliphatic rings. The quantitative estimate of drug-likeness (QED) is 0.250. The zero-order valence-corrected chi connectivity index (χ0v) is 21.5. The Morgan fingerprint density at radius 1 is 1.10 bits per heavy atom. The number of fused-ring (bicyclic) bond motifs is 1. The van der Waals surface area contributed by atoms with E-state index in [1.165, 1.54) is 13.4 Å². The topological polar surface area (TPSA) is 167 Å². The van der Waals surface area contributed by atoms with Crippen LogP contribution in [0.3, 0.4) is 0 Å². The fourth-order valence-corrected chi connectivity index (χ4v) is 4.48. The Labute approximate surface area is 223 Å². The van der Waals surface area contributed by atoms with Crippen molar-refractivity contribution < 1.29 is 9.53 Å². The molecule has 0 saturated carbocycles. The maximum absolute atomic E-state index is 13.7. The molecule has 3 aromatic heterocycles. The molecule has 198 valence electrons. The second kappa shape index (κ2) is 10.2. The number of nitrogen functional groups attached to an aromatic ring is 1. The molecule has 1 unspecified atom stereocenters. The van der Waals surface area contributed by atoms with Gasteiger partial charge in [0.1, 0.15) is 29.2 Å². The van der Waals surface area contributed by atoms with Gasteiger partial charge in [0.15, 0.2) is 5.82 Å². The van der Waals surface area contributed by atoms with Gasteiger partial charge in [-0.1, -0.05) is 18.2 Å². The number of aryl methyl sites for hydroxylation is 1. The molecular weight excluding hydrogens is 498 g/mol. The van der Waals surface area contributed by atoms with Gasteiger partial charge < -0.3 is 26.8 Å². The van der Waals surface area contributed by atoms with Crippen LogP contribution in [-0.4, -0.2) is 37.3 Å². The summed E-state index contributed by atoms with van der Waals surface area (Å²) in [7, 11) is 1.51. The highest BCUT2D eigenvalue weighted by Gasteiger charge is 2.22. The van der Waals surface area contributed by atoms with E-state index in [0.29, 0.717) is 45.4 Å². The summed E-state index contributed by atoms with van der Waals surface area (Å²) in [5.41, 5.74) is 14.9. The summed E-state index contributed by atoms with van der Waals surface area (Å²) in [6, 6.07) is 15.0. The first-order valence-corrected chi connectivity index (χ1v) is 12.1. The number of aromatic nitrogens is 5. The Balaban J connectivity index is 1.64. The zero-order valence-electron chi connectivity index (χ0n) is 21.5. The molecule has 3 heterocycles. The van der Waals surface area contributed by atoms with Gasteiger partial charge in [0.2, 0.25) is 0 Å². The van der Waals surface area contributed by atoms with Crippen molar-refractivity contribution in [1.82, 2.24) is 24.1 Å². The molecule has 12 nitrogen and oxygen atoms in total. The van der Waals surface area contributed by atoms with Crippen molar-refractivity contribution in [2.45, 2.75) is 19.9 Å². The summed E-state index contributed by atoms with van der Waals surface area (Å²) in [5, 5.41) is 10.7. The van der Waals surface area contributed by atoms with Crippen molar-refractivity contribution in [2.75, 3.05) is 23.5 Å². The average Bonchev–Trinajstić information content (AvgIpc) is 3.29. The Kier molecular flexibility index (Phi) is 6.59. The number of benzene rings is 2. The predicted molar refractivity (Wildman–Crippen MR) is 149 cm³/mol. The fraction of sp³-hybridized carbons (Fsp3) is 0.148. The number of methoxy groups -OCH3 is 1. The summed E-state index contributed by atoms with van der Waals surface area (Å²) >= 11 is 0. The lowest BCUT2D eigenvalue weighted by atomic mass is 10.0. The minimum Gasteiger partial charge on any atom is -0.497 e. The number of nitrogens with zero attached hydrogens (tertiary/aromatic N) is 5. The Morgan fingerprint density at radius 2 is 1.87 bits per heavy atom. The van der Waals surface area contributed by atoms with Crippen molar-refractivity contribution in [3.05, 3.63) is 88.9 Å². The standard InChI is InChI=1S/C27H27N9O3/c1-15-9-10-35-22(15)26(37)36(19-7-5-4-6-8-19)25(34-35)16(2)32-24-21(23(28)30-14-31-24)17-11-18(33-27(29)38)13-20(12-17)39-3/h4-14,16H,1-3H3,(H3,29,33,38)(H3,28,30,31,32). The normalized spacial score (nSPS) is 11.8. The number of amides is 2. The Hall–Kier alpha value is -5.39. The molecule has 5 aromatic rings. The van der Waals surface area contributed by atoms with Crippen LogP contribution in [-0.2, 0) is 0 Å². The number of carbonyl (C=O) groups is 1. The first kappa shape index (κ1) is 25.3. The summed E-state index contributed by atoms with van der Waals surface area (Å²) < 4.78 is 8.58. The number of para-hydroxylation sites is 1. The summed E-state index contributed by atoms with van der Waals surface area (Å²) in [4.78, 5) is 33.8. The van der Waals surface area contributed by atoms with Gasteiger partial charge in [0.25, 0.3) is 5.56 Å². The number of hydrogen-bond acceptors (Lipinski definition) is 8. The average molecular weight is 526 g/mol. The monoisotopic (exact) mass is 525 g/mol. The molecule has 0 saturated heterocycles. The molecule has 2 aromatic carbocycles. The second-order valence-electron chi connectivity index (χ2n) is 8.91. The van der Waals surface area contributed by atoms with Gasteiger partial charge in [0, 0.05) is 18.0 Å². The number of anilines is 3. The van der Waals surface area contributed by atoms with Gasteiger partial charge in [-0.15, -0.1) is 0 Å². The molecule has 1 atom stereocenters. The summed E-state index contributed by atoms with van der Waals surface area (Å²) in [6.45, 7) is 3.75. The number of hydrogen-bond donors (Lipinski definition) is 4. The highest BCUT2D eigenvalue weighted by atomic mass is 16.5. The number of carbonyl (C=O) groups excluding carboxylic acids is 1. The Morgan fingerprint density at radius 3 is 2.59 bits per heavy atom. The van der Waals surface area contributed by atoms with Crippen molar-refractivity contribution in [2.24, 2.45) is 5.73 Å². The van der Waals surface area contributed by atoms with Crippen LogP contribution >= 0.6 is 0 Å². The SMILES string of the molecule is COc1cc(NC(N)=O)cc(-c2c(N)ncnc2NC(C)c2nn3ccc(C)c3c(=O)n2-c2ccccc2)c1. The first-order chi connectivity index (χ1) is 18.8. The number of nitrogens with one attached hydrogen (secondary N) is 2. The minimum absolute atomic E-state index is 0.195. The lowest BCUT2D eigenvalue weighted by Gasteiger charge is -2.21. The van der Waals surface area contributed by atoms with Gasteiger partial charge in [-0.25, -0.2) is 19.3 Å². The van der Waals surface area contributed by atoms with E-state index in [2.05, 4.69) is 20.6 Å². The van der Waals surface area contributed by atoms with Gasteiger partial charge in [-0.3, -0.25) is 9.36 Å². The number of ether oxygens (including phenoxy) is 1. The molecular formula is C27H27N9O3. The van der Waals surface area contributed by atoms with E-state index in [4.69, 9.17) is 21.3 Å². The van der Waals surface area contributed by atoms with Gasteiger partial charge in [-0.2, -0.15) is 5.10 Å². The molecule has 0 fully saturated rings. The molecule has 0 spiro atoms. The fourth-order valence-electron chi connectivity index (χ4n) is 4.48. The molecule has 39 heavy (non-hydrogen) atoms. The van der Waals surface area contributed by atoms with E-state index in [1.54, 1.807) is 33.5 Å². The van der Waals surface area contributed by atoms with Gasteiger partial charge in [0.05, 0.1) is 24.4 Å². The number of nitrogens with two attached hydrogens (primary N) is 2. The van der Waals surface area contributed by atoms with Crippen LogP contribution in [0.5, 0.6) is 5.75 Å². The molecule has 0 aliphatic heterocycles. The highest BCUT2D eigenvalue weighted by Crippen LogP contribution is 2.36. The zero-order chi connectivity index (χ0) is 27.7. The Bertz CT molecular complexity index is 1750. The largest absolute Gasteiger partial charge is 0.497 e. The summed E-state index contributed by atoms with van der Waals surface area (Å²) in [5.74, 6) is 1.51. The summed E-state index contributed by atoms with van der Waals surface area (Å²) in [6.07, 6.45) is 3.10. The molecule has 0 aliphatic carbocycles. The van der Waals surface area contributed by atoms with Crippen molar-refractivity contribution in [3.8, 4) is 22.6 Å². The van der Waals surface area contributed by atoms with Crippen molar-refractivity contribution in [3.63, 3.8) is 0 Å². The third-order valence-corrected chi connectivity index (χ3v) is 6.24. The molecule has 6 N–H and O–H groups in total. The lowest BCUT2D eigenvalue weighted by molar-refractivity contribution is 0.259. The molecule has 0 radical (unpaired) electrons. The van der Waals surface area contributed by atoms with Crippen molar-refractivity contribution >= 4 is 28.9 Å². The van der Waals surface area contributed by atoms with Crippen LogP contribution in [0.2, 0.25) is 0 Å². The van der Waals surface area contributed by atoms with Crippen LogP contribution in [0.4, 0.5) is 22.1 Å². The van der Waals surface area contributed by atoms with E-state index in [9.17, 15) is 9.59 Å². The lowest BCUT2D eigenvalue weighted by Crippen LogP contribution is -2.29. The first-order valence-electron chi connectivity index (χ1n) is 12.1. The predicted octanol–water partition coefficient (Wildman–Crippen LogP) is 3.51. The minimum atomic E-state index is -0.723.